The molecule has 144 valence electrons. The third kappa shape index (κ3) is 3.10. The minimum Gasteiger partial charge on any atom is -0.378 e. The van der Waals surface area contributed by atoms with E-state index in [1.54, 1.807) is 4.52 Å². The van der Waals surface area contributed by atoms with E-state index in [0.29, 0.717) is 18.9 Å². The summed E-state index contributed by atoms with van der Waals surface area (Å²) in [6.45, 7) is 4.90. The van der Waals surface area contributed by atoms with Crippen molar-refractivity contribution in [2.75, 3.05) is 31.2 Å². The van der Waals surface area contributed by atoms with Crippen molar-refractivity contribution >= 4 is 22.2 Å². The number of nitrogens with zero attached hydrogens (tertiary/aromatic N) is 5. The van der Waals surface area contributed by atoms with Gasteiger partial charge in [0.2, 0.25) is 0 Å². The number of hydrogen-bond acceptors (Lipinski definition) is 5. The average molecular weight is 383 g/mol. The zero-order chi connectivity index (χ0) is 19.8. The maximum atomic E-state index is 9.71. The molecular formula is C23H21N5O. The average Bonchev–Trinajstić information content (AvgIpc) is 3.09. The van der Waals surface area contributed by atoms with Gasteiger partial charge in [-0.05, 0) is 23.3 Å². The molecule has 1 aliphatic heterocycles. The number of anilines is 1. The van der Waals surface area contributed by atoms with E-state index in [4.69, 9.17) is 9.72 Å². The molecule has 5 rings (SSSR count). The lowest BCUT2D eigenvalue weighted by Gasteiger charge is -2.27. The lowest BCUT2D eigenvalue weighted by molar-refractivity contribution is 0.122. The van der Waals surface area contributed by atoms with Gasteiger partial charge in [-0.1, -0.05) is 42.5 Å². The number of benzene rings is 2. The van der Waals surface area contributed by atoms with Crippen LogP contribution in [0, 0.1) is 18.3 Å². The van der Waals surface area contributed by atoms with Crippen LogP contribution in [0.15, 0.2) is 48.5 Å². The van der Waals surface area contributed by atoms with Crippen molar-refractivity contribution in [1.29, 1.82) is 5.26 Å². The first kappa shape index (κ1) is 17.7. The van der Waals surface area contributed by atoms with Crippen LogP contribution in [-0.4, -0.2) is 40.9 Å². The summed E-state index contributed by atoms with van der Waals surface area (Å²) in [4.78, 5) is 7.10. The van der Waals surface area contributed by atoms with E-state index < -0.39 is 0 Å². The minimum atomic E-state index is 0.503. The number of fused-ring (bicyclic) bond motifs is 2. The normalized spacial score (nSPS) is 14.4. The maximum Gasteiger partial charge on any atom is 0.162 e. The summed E-state index contributed by atoms with van der Waals surface area (Å²) in [5.74, 6) is 0.816. The van der Waals surface area contributed by atoms with Gasteiger partial charge in [0.1, 0.15) is 17.6 Å². The van der Waals surface area contributed by atoms with Gasteiger partial charge in [-0.15, -0.1) is 0 Å². The highest BCUT2D eigenvalue weighted by Gasteiger charge is 2.20. The van der Waals surface area contributed by atoms with Crippen molar-refractivity contribution in [2.24, 2.45) is 0 Å². The standard InChI is InChI=1S/C23H21N5O/c1-16-21(13-18-7-4-6-17-5-2-3-8-20(17)18)23-25-22(27-9-11-29-12-10-27)14-19(15-24)28(23)26-16/h2-8,14H,9-13H2,1H3. The molecule has 0 N–H and O–H groups in total. The fourth-order valence-electron chi connectivity index (χ4n) is 4.03. The Morgan fingerprint density at radius 1 is 1.10 bits per heavy atom. The van der Waals surface area contributed by atoms with Gasteiger partial charge in [0, 0.05) is 31.1 Å². The summed E-state index contributed by atoms with van der Waals surface area (Å²) in [5, 5.41) is 16.8. The molecule has 29 heavy (non-hydrogen) atoms. The lowest BCUT2D eigenvalue weighted by Crippen LogP contribution is -2.37. The summed E-state index contributed by atoms with van der Waals surface area (Å²) >= 11 is 0. The van der Waals surface area contributed by atoms with E-state index >= 15 is 0 Å². The van der Waals surface area contributed by atoms with Crippen LogP contribution in [0.3, 0.4) is 0 Å². The molecule has 2 aromatic heterocycles. The SMILES string of the molecule is Cc1nn2c(C#N)cc(N3CCOCC3)nc2c1Cc1cccc2ccccc12. The largest absolute Gasteiger partial charge is 0.378 e. The Morgan fingerprint density at radius 2 is 1.90 bits per heavy atom. The second kappa shape index (κ2) is 7.19. The third-order valence-corrected chi connectivity index (χ3v) is 5.57. The highest BCUT2D eigenvalue weighted by molar-refractivity contribution is 5.86. The van der Waals surface area contributed by atoms with E-state index in [1.165, 1.54) is 16.3 Å². The first-order chi connectivity index (χ1) is 14.2. The van der Waals surface area contributed by atoms with Gasteiger partial charge in [-0.2, -0.15) is 10.4 Å². The third-order valence-electron chi connectivity index (χ3n) is 5.57. The van der Waals surface area contributed by atoms with Gasteiger partial charge in [-0.25, -0.2) is 9.50 Å². The number of aromatic nitrogens is 3. The lowest BCUT2D eigenvalue weighted by atomic mass is 9.98. The molecule has 0 saturated carbocycles. The Labute approximate surface area is 169 Å². The number of nitriles is 1. The molecule has 0 amide bonds. The zero-order valence-corrected chi connectivity index (χ0v) is 16.3. The van der Waals surface area contributed by atoms with E-state index in [9.17, 15) is 5.26 Å². The van der Waals surface area contributed by atoms with Crippen molar-refractivity contribution in [3.8, 4) is 6.07 Å². The number of morpholine rings is 1. The van der Waals surface area contributed by atoms with Crippen molar-refractivity contribution < 1.29 is 4.74 Å². The summed E-state index contributed by atoms with van der Waals surface area (Å²) < 4.78 is 7.14. The Bertz CT molecular complexity index is 1240. The molecule has 3 heterocycles. The monoisotopic (exact) mass is 383 g/mol. The van der Waals surface area contributed by atoms with E-state index in [2.05, 4.69) is 58.5 Å². The first-order valence-corrected chi connectivity index (χ1v) is 9.83. The molecule has 0 unspecified atom stereocenters. The fraction of sp³-hybridized carbons (Fsp3) is 0.261. The highest BCUT2D eigenvalue weighted by Crippen LogP contribution is 2.26. The molecule has 0 bridgehead atoms. The minimum absolute atomic E-state index is 0.503. The summed E-state index contributed by atoms with van der Waals surface area (Å²) in [7, 11) is 0. The van der Waals surface area contributed by atoms with Crippen LogP contribution >= 0.6 is 0 Å². The number of ether oxygens (including phenoxy) is 1. The molecule has 0 radical (unpaired) electrons. The summed E-state index contributed by atoms with van der Waals surface area (Å²) in [5.41, 5.74) is 4.46. The molecule has 1 saturated heterocycles. The van der Waals surface area contributed by atoms with Crippen molar-refractivity contribution in [1.82, 2.24) is 14.6 Å². The van der Waals surface area contributed by atoms with Crippen LogP contribution in [0.1, 0.15) is 22.5 Å². The molecule has 4 aromatic rings. The van der Waals surface area contributed by atoms with Crippen LogP contribution in [0.2, 0.25) is 0 Å². The molecule has 1 fully saturated rings. The predicted octanol–water partition coefficient (Wildman–Crippen LogP) is 3.49. The Balaban J connectivity index is 1.65. The van der Waals surface area contributed by atoms with E-state index in [0.717, 1.165) is 42.2 Å². The van der Waals surface area contributed by atoms with Gasteiger partial charge in [-0.3, -0.25) is 0 Å². The molecule has 1 aliphatic rings. The number of hydrogen-bond donors (Lipinski definition) is 0. The zero-order valence-electron chi connectivity index (χ0n) is 16.3. The summed E-state index contributed by atoms with van der Waals surface area (Å²) in [6.07, 6.45) is 0.723. The highest BCUT2D eigenvalue weighted by atomic mass is 16.5. The van der Waals surface area contributed by atoms with Gasteiger partial charge in [0.05, 0.1) is 18.9 Å². The Hall–Kier alpha value is -3.43. The van der Waals surface area contributed by atoms with Crippen molar-refractivity contribution in [3.63, 3.8) is 0 Å². The van der Waals surface area contributed by atoms with Gasteiger partial charge in [0.25, 0.3) is 0 Å². The van der Waals surface area contributed by atoms with E-state index in [1.807, 2.05) is 13.0 Å². The van der Waals surface area contributed by atoms with Crippen LogP contribution < -0.4 is 4.90 Å². The molecule has 2 aromatic carbocycles. The van der Waals surface area contributed by atoms with E-state index in [-0.39, 0.29) is 0 Å². The molecule has 0 atom stereocenters. The maximum absolute atomic E-state index is 9.71. The second-order valence-electron chi connectivity index (χ2n) is 7.33. The second-order valence-corrected chi connectivity index (χ2v) is 7.33. The van der Waals surface area contributed by atoms with Crippen LogP contribution in [0.4, 0.5) is 5.82 Å². The van der Waals surface area contributed by atoms with Crippen LogP contribution in [0.5, 0.6) is 0 Å². The molecule has 6 heteroatoms. The molecule has 0 aliphatic carbocycles. The fourth-order valence-corrected chi connectivity index (χ4v) is 4.03. The number of rotatable bonds is 3. The van der Waals surface area contributed by atoms with Crippen molar-refractivity contribution in [2.45, 2.75) is 13.3 Å². The quantitative estimate of drug-likeness (QED) is 0.542. The van der Waals surface area contributed by atoms with Gasteiger partial charge in [0.15, 0.2) is 5.65 Å². The molecule has 6 nitrogen and oxygen atoms in total. The summed E-state index contributed by atoms with van der Waals surface area (Å²) in [6, 6.07) is 18.9. The predicted molar refractivity (Wildman–Crippen MR) is 112 cm³/mol. The van der Waals surface area contributed by atoms with Gasteiger partial charge >= 0.3 is 0 Å². The Kier molecular flexibility index (Phi) is 4.38. The Morgan fingerprint density at radius 3 is 2.72 bits per heavy atom. The number of aryl methyl sites for hydroxylation is 1. The van der Waals surface area contributed by atoms with Gasteiger partial charge < -0.3 is 9.64 Å². The van der Waals surface area contributed by atoms with Crippen molar-refractivity contribution in [3.05, 3.63) is 71.0 Å². The molecule has 0 spiro atoms. The molecular weight excluding hydrogens is 362 g/mol. The first-order valence-electron chi connectivity index (χ1n) is 9.83. The van der Waals surface area contributed by atoms with Crippen LogP contribution in [0.25, 0.3) is 16.4 Å². The topological polar surface area (TPSA) is 66.5 Å². The van der Waals surface area contributed by atoms with Crippen LogP contribution in [-0.2, 0) is 11.2 Å². The smallest absolute Gasteiger partial charge is 0.162 e.